The number of esters is 2. The molecule has 1 saturated heterocycles. The molecule has 1 heterocycles. The molecule has 0 radical (unpaired) electrons. The largest absolute Gasteiger partial charge is 0.469 e. The first-order valence-electron chi connectivity index (χ1n) is 4.27. The molecule has 5 heteroatoms. The van der Waals surface area contributed by atoms with Crippen molar-refractivity contribution in [3.05, 3.63) is 11.8 Å². The van der Waals surface area contributed by atoms with Gasteiger partial charge in [0, 0.05) is 24.9 Å². The lowest BCUT2D eigenvalue weighted by Crippen LogP contribution is -2.10. The van der Waals surface area contributed by atoms with Gasteiger partial charge in [-0.15, -0.1) is 0 Å². The monoisotopic (exact) mass is 199 g/mol. The maximum Gasteiger partial charge on any atom is 0.332 e. The van der Waals surface area contributed by atoms with Crippen LogP contribution in [0.4, 0.5) is 0 Å². The Morgan fingerprint density at radius 2 is 1.93 bits per heavy atom. The van der Waals surface area contributed by atoms with Gasteiger partial charge in [0.15, 0.2) is 0 Å². The Hall–Kier alpha value is -1.52. The van der Waals surface area contributed by atoms with Gasteiger partial charge in [-0.2, -0.15) is 0 Å². The minimum atomic E-state index is -0.448. The summed E-state index contributed by atoms with van der Waals surface area (Å²) in [6.45, 7) is 1.75. The van der Waals surface area contributed by atoms with E-state index >= 15 is 0 Å². The van der Waals surface area contributed by atoms with Gasteiger partial charge in [-0.1, -0.05) is 0 Å². The molecule has 1 aliphatic rings. The van der Waals surface area contributed by atoms with Crippen molar-refractivity contribution in [2.24, 2.45) is 0 Å². The molecule has 0 aromatic rings. The molecule has 1 rings (SSSR count). The van der Waals surface area contributed by atoms with Gasteiger partial charge in [0.1, 0.15) is 0 Å². The van der Waals surface area contributed by atoms with Gasteiger partial charge >= 0.3 is 11.9 Å². The molecule has 0 spiro atoms. The SMILES string of the molecule is COC(=O)C=C(CC(=O)OC)N1CC1. The number of hydrogen-bond donors (Lipinski definition) is 0. The number of carbonyl (C=O) groups is 2. The zero-order valence-electron chi connectivity index (χ0n) is 8.28. The smallest absolute Gasteiger partial charge is 0.332 e. The minimum Gasteiger partial charge on any atom is -0.469 e. The van der Waals surface area contributed by atoms with E-state index in [9.17, 15) is 9.59 Å². The normalized spacial score (nSPS) is 15.0. The van der Waals surface area contributed by atoms with E-state index in [1.165, 1.54) is 20.3 Å². The molecule has 1 aliphatic heterocycles. The Morgan fingerprint density at radius 1 is 1.29 bits per heavy atom. The average molecular weight is 199 g/mol. The summed E-state index contributed by atoms with van der Waals surface area (Å²) in [6.07, 6.45) is 1.44. The van der Waals surface area contributed by atoms with Gasteiger partial charge in [0.2, 0.25) is 0 Å². The maximum atomic E-state index is 11.0. The van der Waals surface area contributed by atoms with Crippen molar-refractivity contribution >= 4 is 11.9 Å². The highest BCUT2D eigenvalue weighted by atomic mass is 16.5. The molecule has 0 unspecified atom stereocenters. The van der Waals surface area contributed by atoms with E-state index in [-0.39, 0.29) is 12.4 Å². The number of ether oxygens (including phenoxy) is 2. The van der Waals surface area contributed by atoms with Crippen molar-refractivity contribution in [1.82, 2.24) is 4.90 Å². The summed E-state index contributed by atoms with van der Waals surface area (Å²) in [7, 11) is 2.62. The highest BCUT2D eigenvalue weighted by Gasteiger charge is 2.23. The van der Waals surface area contributed by atoms with Crippen LogP contribution in [0.25, 0.3) is 0 Å². The first kappa shape index (κ1) is 10.6. The summed E-state index contributed by atoms with van der Waals surface area (Å²) in [5.41, 5.74) is 0.656. The molecular weight excluding hydrogens is 186 g/mol. The second-order valence-electron chi connectivity index (χ2n) is 2.90. The van der Waals surface area contributed by atoms with Crippen LogP contribution < -0.4 is 0 Å². The van der Waals surface area contributed by atoms with Crippen LogP contribution in [-0.2, 0) is 19.1 Å². The maximum absolute atomic E-state index is 11.0. The third kappa shape index (κ3) is 3.08. The highest BCUT2D eigenvalue weighted by Crippen LogP contribution is 2.18. The highest BCUT2D eigenvalue weighted by molar-refractivity contribution is 5.84. The first-order chi connectivity index (χ1) is 6.67. The molecule has 0 aromatic carbocycles. The van der Waals surface area contributed by atoms with Crippen molar-refractivity contribution < 1.29 is 19.1 Å². The first-order valence-corrected chi connectivity index (χ1v) is 4.27. The predicted octanol–water partition coefficient (Wildman–Crippen LogP) is -0.0780. The second kappa shape index (κ2) is 4.64. The van der Waals surface area contributed by atoms with Crippen molar-refractivity contribution in [1.29, 1.82) is 0 Å². The molecule has 5 nitrogen and oxygen atoms in total. The van der Waals surface area contributed by atoms with Crippen LogP contribution in [0.5, 0.6) is 0 Å². The van der Waals surface area contributed by atoms with E-state index in [0.29, 0.717) is 5.70 Å². The lowest BCUT2D eigenvalue weighted by molar-refractivity contribution is -0.140. The van der Waals surface area contributed by atoms with Crippen molar-refractivity contribution in [3.63, 3.8) is 0 Å². The Labute approximate surface area is 82.3 Å². The third-order valence-corrected chi connectivity index (χ3v) is 1.89. The Bertz CT molecular complexity index is 268. The van der Waals surface area contributed by atoms with Gasteiger partial charge in [-0.3, -0.25) is 4.79 Å². The minimum absolute atomic E-state index is 0.117. The van der Waals surface area contributed by atoms with E-state index in [1.807, 2.05) is 4.90 Å². The molecule has 1 fully saturated rings. The quantitative estimate of drug-likeness (QED) is 0.360. The second-order valence-corrected chi connectivity index (χ2v) is 2.90. The summed E-state index contributed by atoms with van der Waals surface area (Å²) >= 11 is 0. The van der Waals surface area contributed by atoms with Crippen LogP contribution in [0.15, 0.2) is 11.8 Å². The standard InChI is InChI=1S/C9H13NO4/c1-13-8(11)5-7(10-3-4-10)6-9(12)14-2/h5H,3-4,6H2,1-2H3. The number of carbonyl (C=O) groups excluding carboxylic acids is 2. The molecular formula is C9H13NO4. The molecule has 0 bridgehead atoms. The van der Waals surface area contributed by atoms with Gasteiger partial charge in [-0.25, -0.2) is 4.79 Å². The van der Waals surface area contributed by atoms with Gasteiger partial charge in [0.25, 0.3) is 0 Å². The Morgan fingerprint density at radius 3 is 2.36 bits per heavy atom. The lowest BCUT2D eigenvalue weighted by Gasteiger charge is -2.06. The Kier molecular flexibility index (Phi) is 3.50. The summed E-state index contributed by atoms with van der Waals surface area (Å²) in [5, 5.41) is 0. The van der Waals surface area contributed by atoms with Gasteiger partial charge in [-0.05, 0) is 0 Å². The molecule has 78 valence electrons. The molecule has 0 N–H and O–H groups in total. The van der Waals surface area contributed by atoms with E-state index in [1.54, 1.807) is 0 Å². The van der Waals surface area contributed by atoms with Crippen LogP contribution in [0, 0.1) is 0 Å². The van der Waals surface area contributed by atoms with Crippen LogP contribution >= 0.6 is 0 Å². The average Bonchev–Trinajstić information content (AvgIpc) is 2.99. The number of nitrogens with zero attached hydrogens (tertiary/aromatic N) is 1. The van der Waals surface area contributed by atoms with E-state index < -0.39 is 5.97 Å². The molecule has 0 aromatic heterocycles. The summed E-state index contributed by atoms with van der Waals surface area (Å²) < 4.78 is 9.00. The zero-order chi connectivity index (χ0) is 10.6. The Balaban J connectivity index is 2.59. The van der Waals surface area contributed by atoms with Gasteiger partial charge < -0.3 is 14.4 Å². The van der Waals surface area contributed by atoms with Crippen molar-refractivity contribution in [3.8, 4) is 0 Å². The van der Waals surface area contributed by atoms with Crippen LogP contribution in [-0.4, -0.2) is 44.1 Å². The van der Waals surface area contributed by atoms with Crippen molar-refractivity contribution in [2.45, 2.75) is 6.42 Å². The topological polar surface area (TPSA) is 55.6 Å². The van der Waals surface area contributed by atoms with E-state index in [4.69, 9.17) is 0 Å². The zero-order valence-corrected chi connectivity index (χ0v) is 8.28. The summed E-state index contributed by atoms with van der Waals surface area (Å²) in [4.78, 5) is 23.8. The molecule has 0 amide bonds. The molecule has 0 atom stereocenters. The van der Waals surface area contributed by atoms with Crippen LogP contribution in [0.2, 0.25) is 0 Å². The molecule has 0 aliphatic carbocycles. The van der Waals surface area contributed by atoms with Crippen LogP contribution in [0.3, 0.4) is 0 Å². The third-order valence-electron chi connectivity index (χ3n) is 1.89. The fourth-order valence-electron chi connectivity index (χ4n) is 1.01. The summed E-state index contributed by atoms with van der Waals surface area (Å²) in [6, 6.07) is 0. The number of hydrogen-bond acceptors (Lipinski definition) is 5. The predicted molar refractivity (Wildman–Crippen MR) is 48.3 cm³/mol. The van der Waals surface area contributed by atoms with Gasteiger partial charge in [0.05, 0.1) is 20.6 Å². The van der Waals surface area contributed by atoms with E-state index in [2.05, 4.69) is 9.47 Å². The number of methoxy groups -OCH3 is 2. The fourth-order valence-corrected chi connectivity index (χ4v) is 1.01. The lowest BCUT2D eigenvalue weighted by atomic mass is 10.3. The van der Waals surface area contributed by atoms with E-state index in [0.717, 1.165) is 13.1 Å². The molecule has 0 saturated carbocycles. The fraction of sp³-hybridized carbons (Fsp3) is 0.556. The summed E-state index contributed by atoms with van der Waals surface area (Å²) in [5.74, 6) is -0.803. The van der Waals surface area contributed by atoms with Crippen LogP contribution in [0.1, 0.15) is 6.42 Å². The number of rotatable bonds is 4. The molecule has 14 heavy (non-hydrogen) atoms. The van der Waals surface area contributed by atoms with Crippen molar-refractivity contribution in [2.75, 3.05) is 27.3 Å².